The molecule has 5 heteroatoms. The first kappa shape index (κ1) is 14.5. The van der Waals surface area contributed by atoms with Gasteiger partial charge in [0, 0.05) is 5.69 Å². The van der Waals surface area contributed by atoms with E-state index in [1.165, 1.54) is 16.9 Å². The number of ether oxygens (including phenoxy) is 1. The summed E-state index contributed by atoms with van der Waals surface area (Å²) in [7, 11) is 0. The molecule has 0 radical (unpaired) electrons. The lowest BCUT2D eigenvalue weighted by molar-refractivity contribution is 0.0521. The number of carbonyl (C=O) groups excluding carboxylic acids is 1. The molecule has 1 heterocycles. The van der Waals surface area contributed by atoms with E-state index >= 15 is 0 Å². The lowest BCUT2D eigenvalue weighted by Gasteiger charge is -2.13. The van der Waals surface area contributed by atoms with Gasteiger partial charge in [-0.05, 0) is 38.8 Å². The molecule has 0 amide bonds. The van der Waals surface area contributed by atoms with Gasteiger partial charge in [-0.1, -0.05) is 17.7 Å². The van der Waals surface area contributed by atoms with Gasteiger partial charge in [0.1, 0.15) is 5.00 Å². The Morgan fingerprint density at radius 1 is 1.30 bits per heavy atom. The number of hydrogen-bond donors (Lipinski definition) is 1. The number of carbonyl (C=O) groups is 1. The second-order valence-electron chi connectivity index (χ2n) is 4.65. The van der Waals surface area contributed by atoms with Crippen molar-refractivity contribution in [1.29, 1.82) is 0 Å². The van der Waals surface area contributed by atoms with Gasteiger partial charge in [-0.25, -0.2) is 9.78 Å². The zero-order valence-corrected chi connectivity index (χ0v) is 12.9. The van der Waals surface area contributed by atoms with Gasteiger partial charge in [0.2, 0.25) is 0 Å². The summed E-state index contributed by atoms with van der Waals surface area (Å²) in [5, 5.41) is 4.03. The first-order chi connectivity index (χ1) is 9.52. The van der Waals surface area contributed by atoms with Gasteiger partial charge in [0.25, 0.3) is 0 Å². The first-order valence-electron chi connectivity index (χ1n) is 6.48. The molecule has 1 aromatic carbocycles. The van der Waals surface area contributed by atoms with Crippen LogP contribution in [0, 0.1) is 20.8 Å². The summed E-state index contributed by atoms with van der Waals surface area (Å²) in [5.41, 5.74) is 6.52. The number of thiazole rings is 1. The molecule has 0 saturated carbocycles. The van der Waals surface area contributed by atoms with E-state index < -0.39 is 5.97 Å². The summed E-state index contributed by atoms with van der Waals surface area (Å²) >= 11 is 1.40. The van der Waals surface area contributed by atoms with Crippen molar-refractivity contribution in [2.24, 2.45) is 0 Å². The Bertz CT molecular complexity index is 612. The smallest absolute Gasteiger partial charge is 0.360 e. The highest BCUT2D eigenvalue weighted by Gasteiger charge is 2.17. The van der Waals surface area contributed by atoms with Gasteiger partial charge in [-0.3, -0.25) is 0 Å². The van der Waals surface area contributed by atoms with Crippen LogP contribution in [0.25, 0.3) is 0 Å². The van der Waals surface area contributed by atoms with Crippen molar-refractivity contribution >= 4 is 28.0 Å². The van der Waals surface area contributed by atoms with E-state index in [9.17, 15) is 4.79 Å². The highest BCUT2D eigenvalue weighted by molar-refractivity contribution is 7.14. The molecule has 106 valence electrons. The summed E-state index contributed by atoms with van der Waals surface area (Å²) in [4.78, 5) is 15.9. The van der Waals surface area contributed by atoms with Crippen molar-refractivity contribution in [2.75, 3.05) is 11.9 Å². The molecule has 0 bridgehead atoms. The van der Waals surface area contributed by atoms with E-state index in [1.54, 1.807) is 12.4 Å². The number of nitrogens with one attached hydrogen (secondary N) is 1. The van der Waals surface area contributed by atoms with Crippen molar-refractivity contribution in [3.05, 3.63) is 40.0 Å². The number of aromatic nitrogens is 1. The number of benzene rings is 1. The van der Waals surface area contributed by atoms with Crippen LogP contribution in [0.1, 0.15) is 34.1 Å². The zero-order valence-electron chi connectivity index (χ0n) is 12.1. The Morgan fingerprint density at radius 2 is 1.95 bits per heavy atom. The van der Waals surface area contributed by atoms with Crippen LogP contribution >= 0.6 is 11.3 Å². The Kier molecular flexibility index (Phi) is 4.39. The van der Waals surface area contributed by atoms with Crippen LogP contribution in [0.4, 0.5) is 10.7 Å². The maximum Gasteiger partial charge on any atom is 0.360 e. The fourth-order valence-electron chi connectivity index (χ4n) is 2.17. The van der Waals surface area contributed by atoms with E-state index in [2.05, 4.69) is 29.4 Å². The number of esters is 1. The monoisotopic (exact) mass is 290 g/mol. The molecule has 20 heavy (non-hydrogen) atoms. The summed E-state index contributed by atoms with van der Waals surface area (Å²) in [6.45, 7) is 8.30. The summed E-state index contributed by atoms with van der Waals surface area (Å²) < 4.78 is 5.01. The second-order valence-corrected chi connectivity index (χ2v) is 5.50. The summed E-state index contributed by atoms with van der Waals surface area (Å²) in [6, 6.07) is 4.22. The Balaban J connectivity index is 2.32. The fourth-order valence-corrected chi connectivity index (χ4v) is 2.84. The van der Waals surface area contributed by atoms with Gasteiger partial charge in [0.15, 0.2) is 5.69 Å². The minimum absolute atomic E-state index is 0.344. The van der Waals surface area contributed by atoms with Crippen LogP contribution in [0.5, 0.6) is 0 Å². The van der Waals surface area contributed by atoms with Crippen LogP contribution in [-0.4, -0.2) is 17.6 Å². The Hall–Kier alpha value is -1.88. The highest BCUT2D eigenvalue weighted by Crippen LogP contribution is 2.30. The molecule has 0 aliphatic carbocycles. The second kappa shape index (κ2) is 6.05. The maximum absolute atomic E-state index is 11.8. The molecule has 0 aliphatic heterocycles. The van der Waals surface area contributed by atoms with Gasteiger partial charge < -0.3 is 10.1 Å². The van der Waals surface area contributed by atoms with Gasteiger partial charge in [-0.15, -0.1) is 11.3 Å². The van der Waals surface area contributed by atoms with Crippen LogP contribution in [0.15, 0.2) is 17.6 Å². The lowest BCUT2D eigenvalue weighted by atomic mass is 10.1. The van der Waals surface area contributed by atoms with Crippen LogP contribution in [-0.2, 0) is 4.74 Å². The van der Waals surface area contributed by atoms with E-state index in [4.69, 9.17) is 4.74 Å². The largest absolute Gasteiger partial charge is 0.461 e. The molecular formula is C15H18N2O2S. The number of aryl methyl sites for hydroxylation is 3. The molecule has 0 aliphatic rings. The minimum Gasteiger partial charge on any atom is -0.461 e. The predicted octanol–water partition coefficient (Wildman–Crippen LogP) is 3.99. The molecule has 1 aromatic heterocycles. The summed E-state index contributed by atoms with van der Waals surface area (Å²) in [5.74, 6) is -0.390. The standard InChI is InChI=1S/C15H18N2O2S/c1-5-19-15(18)13-14(20-8-16-13)17-12-10(3)6-9(2)7-11(12)4/h6-8,17H,5H2,1-4H3. The molecule has 0 unspecified atom stereocenters. The van der Waals surface area contributed by atoms with Crippen molar-refractivity contribution < 1.29 is 9.53 Å². The van der Waals surface area contributed by atoms with Gasteiger partial charge in [0.05, 0.1) is 12.1 Å². The third-order valence-electron chi connectivity index (χ3n) is 2.95. The van der Waals surface area contributed by atoms with E-state index in [0.29, 0.717) is 12.3 Å². The van der Waals surface area contributed by atoms with Crippen molar-refractivity contribution in [2.45, 2.75) is 27.7 Å². The average molecular weight is 290 g/mol. The SMILES string of the molecule is CCOC(=O)c1ncsc1Nc1c(C)cc(C)cc1C. The quantitative estimate of drug-likeness (QED) is 0.865. The van der Waals surface area contributed by atoms with Crippen LogP contribution in [0.3, 0.4) is 0 Å². The fraction of sp³-hybridized carbons (Fsp3) is 0.333. The van der Waals surface area contributed by atoms with Crippen molar-refractivity contribution in [3.8, 4) is 0 Å². The Labute approximate surface area is 122 Å². The molecule has 0 fully saturated rings. The lowest BCUT2D eigenvalue weighted by Crippen LogP contribution is -2.08. The van der Waals surface area contributed by atoms with Crippen molar-refractivity contribution in [3.63, 3.8) is 0 Å². The molecule has 2 rings (SSSR count). The van der Waals surface area contributed by atoms with E-state index in [-0.39, 0.29) is 0 Å². The Morgan fingerprint density at radius 3 is 2.55 bits per heavy atom. The topological polar surface area (TPSA) is 51.2 Å². The van der Waals surface area contributed by atoms with Crippen LogP contribution in [0.2, 0.25) is 0 Å². The molecule has 0 saturated heterocycles. The van der Waals surface area contributed by atoms with E-state index in [0.717, 1.165) is 21.8 Å². The molecule has 0 atom stereocenters. The molecule has 4 nitrogen and oxygen atoms in total. The number of rotatable bonds is 4. The number of nitrogens with zero attached hydrogens (tertiary/aromatic N) is 1. The summed E-state index contributed by atoms with van der Waals surface area (Å²) in [6.07, 6.45) is 0. The number of hydrogen-bond acceptors (Lipinski definition) is 5. The predicted molar refractivity (Wildman–Crippen MR) is 82.0 cm³/mol. The van der Waals surface area contributed by atoms with Crippen LogP contribution < -0.4 is 5.32 Å². The van der Waals surface area contributed by atoms with E-state index in [1.807, 2.05) is 13.8 Å². The van der Waals surface area contributed by atoms with Gasteiger partial charge >= 0.3 is 5.97 Å². The zero-order chi connectivity index (χ0) is 14.7. The third kappa shape index (κ3) is 2.99. The highest BCUT2D eigenvalue weighted by atomic mass is 32.1. The molecule has 1 N–H and O–H groups in total. The normalized spacial score (nSPS) is 10.4. The molecule has 2 aromatic rings. The van der Waals surface area contributed by atoms with Gasteiger partial charge in [-0.2, -0.15) is 0 Å². The van der Waals surface area contributed by atoms with Crippen molar-refractivity contribution in [1.82, 2.24) is 4.98 Å². The molecule has 0 spiro atoms. The number of anilines is 2. The maximum atomic E-state index is 11.8. The third-order valence-corrected chi connectivity index (χ3v) is 3.69. The minimum atomic E-state index is -0.390. The average Bonchev–Trinajstić information content (AvgIpc) is 2.82. The molecular weight excluding hydrogens is 272 g/mol. The first-order valence-corrected chi connectivity index (χ1v) is 7.36.